The minimum atomic E-state index is -4.48. The number of phenols is 1. The van der Waals surface area contributed by atoms with Gasteiger partial charge in [0.15, 0.2) is 5.75 Å². The lowest BCUT2D eigenvalue weighted by molar-refractivity contribution is 0.0687. The Hall–Kier alpha value is -0.0400. The molecule has 0 aliphatic heterocycles. The van der Waals surface area contributed by atoms with Gasteiger partial charge in [-0.3, -0.25) is 4.55 Å². The van der Waals surface area contributed by atoms with E-state index in [9.17, 15) is 27.7 Å². The Labute approximate surface area is 262 Å². The Morgan fingerprint density at radius 1 is 0.794 bits per heavy atom. The van der Waals surface area contributed by atoms with E-state index in [2.05, 4.69) is 22.6 Å². The third-order valence-electron chi connectivity index (χ3n) is 4.06. The molecule has 0 atom stereocenters. The van der Waals surface area contributed by atoms with Crippen molar-refractivity contribution in [3.8, 4) is 17.2 Å². The topological polar surface area (TPSA) is 127 Å². The number of carbonyl (C=O) groups excluding carboxylic acids is 2. The van der Waals surface area contributed by atoms with E-state index in [1.54, 1.807) is 45.2 Å². The van der Waals surface area contributed by atoms with Crippen molar-refractivity contribution in [1.82, 2.24) is 0 Å². The molecule has 0 fully saturated rings. The van der Waals surface area contributed by atoms with E-state index in [-0.39, 0.29) is 23.3 Å². The second-order valence-corrected chi connectivity index (χ2v) is 13.6. The predicted octanol–water partition coefficient (Wildman–Crippen LogP) is 6.10. The molecule has 0 heterocycles. The van der Waals surface area contributed by atoms with Crippen molar-refractivity contribution in [2.45, 2.75) is 4.90 Å². The fraction of sp³-hybridized carbons (Fsp3) is 0. The molecule has 0 bridgehead atoms. The van der Waals surface area contributed by atoms with Crippen LogP contribution in [0.15, 0.2) is 47.4 Å². The summed E-state index contributed by atoms with van der Waals surface area (Å²) < 4.78 is 45.9. The highest BCUT2D eigenvalue weighted by Crippen LogP contribution is 2.33. The average molecular weight is 1040 g/mol. The normalized spacial score (nSPS) is 11.2. The maximum atomic E-state index is 13.0. The quantitative estimate of drug-likeness (QED) is 0.136. The molecule has 0 spiro atoms. The van der Waals surface area contributed by atoms with Crippen LogP contribution in [0.1, 0.15) is 20.7 Å². The molecule has 2 N–H and O–H groups in total. The zero-order valence-electron chi connectivity index (χ0n) is 16.2. The van der Waals surface area contributed by atoms with Crippen molar-refractivity contribution >= 4 is 135 Å². The lowest BCUT2D eigenvalue weighted by Crippen LogP contribution is -2.18. The zero-order chi connectivity index (χ0) is 25.4. The summed E-state index contributed by atoms with van der Waals surface area (Å²) in [5.41, 5.74) is -0.624. The molecule has 0 radical (unpaired) electrons. The molecule has 3 aromatic carbocycles. The lowest BCUT2D eigenvalue weighted by atomic mass is 10.1. The van der Waals surface area contributed by atoms with Crippen molar-refractivity contribution in [3.05, 3.63) is 71.4 Å². The molecule has 0 aliphatic carbocycles. The summed E-state index contributed by atoms with van der Waals surface area (Å²) in [6, 6.07) is 10.0. The molecular weight excluding hydrogens is 1030 g/mol. The van der Waals surface area contributed by atoms with Gasteiger partial charge in [-0.1, -0.05) is 6.07 Å². The van der Waals surface area contributed by atoms with Crippen molar-refractivity contribution in [2.24, 2.45) is 0 Å². The Morgan fingerprint density at radius 3 is 1.88 bits per heavy atom. The first-order valence-corrected chi connectivity index (χ1v) is 15.5. The van der Waals surface area contributed by atoms with Crippen LogP contribution in [-0.4, -0.2) is 30.0 Å². The summed E-state index contributed by atoms with van der Waals surface area (Å²) in [4.78, 5) is 25.6. The van der Waals surface area contributed by atoms with Crippen LogP contribution in [0.5, 0.6) is 17.2 Å². The van der Waals surface area contributed by atoms with E-state index in [1.807, 2.05) is 57.3 Å². The van der Waals surface area contributed by atoms with Gasteiger partial charge in [0.25, 0.3) is 10.1 Å². The number of rotatable bonds is 5. The summed E-state index contributed by atoms with van der Waals surface area (Å²) in [5, 5.41) is 10.3. The number of benzene rings is 3. The molecule has 14 heteroatoms. The van der Waals surface area contributed by atoms with Crippen molar-refractivity contribution in [3.63, 3.8) is 0 Å². The van der Waals surface area contributed by atoms with Crippen LogP contribution in [0.3, 0.4) is 0 Å². The van der Waals surface area contributed by atoms with Gasteiger partial charge in [0.05, 0.1) is 12.7 Å². The van der Waals surface area contributed by atoms with E-state index in [0.29, 0.717) is 12.9 Å². The van der Waals surface area contributed by atoms with Crippen LogP contribution in [0.25, 0.3) is 0 Å². The second-order valence-electron chi connectivity index (χ2n) is 6.37. The third-order valence-corrected chi connectivity index (χ3v) is 9.68. The SMILES string of the molecule is O=C(Oc1c(I)cc(I)cc1I)c1cccc(O)c1C(=O)Oc1cc(I)c(S(=O)(=O)O)c(I)c1. The fourth-order valence-corrected chi connectivity index (χ4v) is 10.5. The van der Waals surface area contributed by atoms with Gasteiger partial charge >= 0.3 is 11.9 Å². The van der Waals surface area contributed by atoms with E-state index >= 15 is 0 Å². The van der Waals surface area contributed by atoms with Crippen LogP contribution < -0.4 is 9.47 Å². The highest BCUT2D eigenvalue weighted by Gasteiger charge is 2.27. The fourth-order valence-electron chi connectivity index (χ4n) is 2.70. The molecule has 0 unspecified atom stereocenters. The van der Waals surface area contributed by atoms with Gasteiger partial charge < -0.3 is 14.6 Å². The minimum Gasteiger partial charge on any atom is -0.507 e. The Balaban J connectivity index is 1.96. The van der Waals surface area contributed by atoms with Crippen LogP contribution in [-0.2, 0) is 10.1 Å². The maximum Gasteiger partial charge on any atom is 0.348 e. The standard InChI is InChI=1S/C20H9I5O8S/c21-8-4-11(22)17(12(23)5-8)33-19(27)10-2-1-3-15(26)16(10)20(28)32-9-6-13(24)18(14(25)7-9)34(29,30)31/h1-7,26H,(H,29,30,31). The lowest BCUT2D eigenvalue weighted by Gasteiger charge is -2.13. The summed E-state index contributed by atoms with van der Waals surface area (Å²) in [6.45, 7) is 0. The highest BCUT2D eigenvalue weighted by molar-refractivity contribution is 14.1. The van der Waals surface area contributed by atoms with Gasteiger partial charge in [-0.25, -0.2) is 9.59 Å². The van der Waals surface area contributed by atoms with E-state index in [4.69, 9.17) is 9.47 Å². The van der Waals surface area contributed by atoms with E-state index in [0.717, 1.165) is 3.57 Å². The summed E-state index contributed by atoms with van der Waals surface area (Å²) in [6.07, 6.45) is 0. The van der Waals surface area contributed by atoms with Crippen molar-refractivity contribution in [1.29, 1.82) is 0 Å². The molecule has 8 nitrogen and oxygen atoms in total. The number of hydrogen-bond acceptors (Lipinski definition) is 7. The molecule has 3 aromatic rings. The molecular formula is C20H9I5O8S. The first-order valence-electron chi connectivity index (χ1n) is 8.67. The van der Waals surface area contributed by atoms with E-state index in [1.165, 1.54) is 30.3 Å². The van der Waals surface area contributed by atoms with Gasteiger partial charge in [0, 0.05) is 10.7 Å². The first-order chi connectivity index (χ1) is 15.8. The van der Waals surface area contributed by atoms with Crippen molar-refractivity contribution in [2.75, 3.05) is 0 Å². The molecule has 34 heavy (non-hydrogen) atoms. The number of phenolic OH excluding ortho intramolecular Hbond substituents is 1. The van der Waals surface area contributed by atoms with Crippen LogP contribution >= 0.6 is 113 Å². The Kier molecular flexibility index (Phi) is 9.70. The summed E-state index contributed by atoms with van der Waals surface area (Å²) in [5.74, 6) is -2.14. The molecule has 178 valence electrons. The van der Waals surface area contributed by atoms with Crippen LogP contribution in [0.2, 0.25) is 0 Å². The average Bonchev–Trinajstić information content (AvgIpc) is 2.68. The molecule has 0 aliphatic rings. The van der Waals surface area contributed by atoms with Crippen LogP contribution in [0, 0.1) is 17.9 Å². The van der Waals surface area contributed by atoms with Gasteiger partial charge in [0.1, 0.15) is 22.0 Å². The minimum absolute atomic E-state index is 0.0458. The molecule has 0 saturated heterocycles. The monoisotopic (exact) mass is 1040 g/mol. The van der Waals surface area contributed by atoms with Crippen molar-refractivity contribution < 1.29 is 37.1 Å². The predicted molar refractivity (Wildman–Crippen MR) is 164 cm³/mol. The smallest absolute Gasteiger partial charge is 0.348 e. The van der Waals surface area contributed by atoms with Gasteiger partial charge in [-0.15, -0.1) is 0 Å². The third kappa shape index (κ3) is 6.63. The Morgan fingerprint density at radius 2 is 1.35 bits per heavy atom. The van der Waals surface area contributed by atoms with Gasteiger partial charge in [-0.05, 0) is 149 Å². The second kappa shape index (κ2) is 11.6. The molecule has 0 aromatic heterocycles. The number of ether oxygens (including phenoxy) is 2. The number of aromatic hydroxyl groups is 1. The first kappa shape index (κ1) is 28.5. The summed E-state index contributed by atoms with van der Waals surface area (Å²) in [7, 11) is -4.48. The van der Waals surface area contributed by atoms with Gasteiger partial charge in [0.2, 0.25) is 0 Å². The van der Waals surface area contributed by atoms with E-state index < -0.39 is 33.4 Å². The number of esters is 2. The van der Waals surface area contributed by atoms with Gasteiger partial charge in [-0.2, -0.15) is 8.42 Å². The maximum absolute atomic E-state index is 13.0. The number of hydrogen-bond donors (Lipinski definition) is 2. The summed E-state index contributed by atoms with van der Waals surface area (Å²) >= 11 is 9.57. The van der Waals surface area contributed by atoms with Crippen LogP contribution in [0.4, 0.5) is 0 Å². The number of carbonyl (C=O) groups is 2. The molecule has 3 rings (SSSR count). The molecule has 0 saturated carbocycles. The largest absolute Gasteiger partial charge is 0.507 e. The zero-order valence-corrected chi connectivity index (χ0v) is 27.8. The molecule has 0 amide bonds. The number of halogens is 5. The Bertz CT molecular complexity index is 1390. The highest BCUT2D eigenvalue weighted by atomic mass is 127.